The summed E-state index contributed by atoms with van der Waals surface area (Å²) < 4.78 is 18.5. The number of piperazine rings is 1. The summed E-state index contributed by atoms with van der Waals surface area (Å²) in [6.07, 6.45) is 4.88. The molecule has 29 heavy (non-hydrogen) atoms. The Labute approximate surface area is 173 Å². The van der Waals surface area contributed by atoms with Crippen LogP contribution >= 0.6 is 0 Å². The average molecular weight is 401 g/mol. The molecule has 2 heterocycles. The van der Waals surface area contributed by atoms with Crippen LogP contribution in [-0.2, 0) is 14.3 Å². The highest BCUT2D eigenvalue weighted by Crippen LogP contribution is 2.65. The van der Waals surface area contributed by atoms with Gasteiger partial charge >= 0.3 is 0 Å². The molecule has 1 aromatic rings. The molecule has 2 aliphatic carbocycles. The smallest absolute Gasteiger partial charge is 0.219 e. The Hall–Kier alpha value is -1.79. The number of ether oxygens (including phenoxy) is 3. The minimum Gasteiger partial charge on any atom is -0.491 e. The standard InChI is InChI=1S/C23H32N2O4/c1-17(26)24-10-12-25(13-11-24)18-5-7-19(8-6-18)27-14-20-15-28-23(29-20)16-22(2)9-3-4-21(22)23/h5-8,20-21H,3-4,9-16H2,1-2H3. The molecule has 0 radical (unpaired) electrons. The lowest BCUT2D eigenvalue weighted by Crippen LogP contribution is -2.58. The zero-order valence-electron chi connectivity index (χ0n) is 17.6. The van der Waals surface area contributed by atoms with Crippen molar-refractivity contribution in [3.05, 3.63) is 24.3 Å². The number of anilines is 1. The molecular formula is C23H32N2O4. The van der Waals surface area contributed by atoms with Crippen LogP contribution in [-0.4, -0.2) is 62.1 Å². The first kappa shape index (κ1) is 19.2. The molecule has 0 N–H and O–H groups in total. The van der Waals surface area contributed by atoms with E-state index in [-0.39, 0.29) is 17.8 Å². The largest absolute Gasteiger partial charge is 0.491 e. The number of carbonyl (C=O) groups is 1. The third-order valence-corrected chi connectivity index (χ3v) is 7.51. The van der Waals surface area contributed by atoms with Crippen LogP contribution in [0.25, 0.3) is 0 Å². The number of rotatable bonds is 4. The molecule has 1 amide bonds. The molecule has 6 nitrogen and oxygen atoms in total. The van der Waals surface area contributed by atoms with E-state index in [0.717, 1.165) is 38.3 Å². The van der Waals surface area contributed by atoms with Crippen molar-refractivity contribution in [2.45, 2.75) is 51.4 Å². The van der Waals surface area contributed by atoms with Crippen LogP contribution in [0.4, 0.5) is 5.69 Å². The van der Waals surface area contributed by atoms with Crippen molar-refractivity contribution < 1.29 is 19.0 Å². The molecule has 6 heteroatoms. The Kier molecular flexibility index (Phi) is 4.74. The minimum absolute atomic E-state index is 0.0134. The molecule has 2 saturated heterocycles. The van der Waals surface area contributed by atoms with Crippen LogP contribution < -0.4 is 9.64 Å². The topological polar surface area (TPSA) is 51.2 Å². The fourth-order valence-corrected chi connectivity index (χ4v) is 5.91. The van der Waals surface area contributed by atoms with E-state index in [4.69, 9.17) is 14.2 Å². The van der Waals surface area contributed by atoms with Crippen molar-refractivity contribution in [3.63, 3.8) is 0 Å². The summed E-state index contributed by atoms with van der Waals surface area (Å²) in [5.41, 5.74) is 1.61. The van der Waals surface area contributed by atoms with Crippen molar-refractivity contribution in [3.8, 4) is 5.75 Å². The maximum atomic E-state index is 11.5. The third-order valence-electron chi connectivity index (χ3n) is 7.51. The van der Waals surface area contributed by atoms with E-state index in [1.165, 1.54) is 24.9 Å². The quantitative estimate of drug-likeness (QED) is 0.778. The first-order valence-corrected chi connectivity index (χ1v) is 11.0. The maximum absolute atomic E-state index is 11.5. The zero-order chi connectivity index (χ0) is 20.1. The predicted octanol–water partition coefficient (Wildman–Crippen LogP) is 3.06. The van der Waals surface area contributed by atoms with E-state index in [2.05, 4.69) is 24.0 Å². The molecule has 1 aromatic carbocycles. The summed E-state index contributed by atoms with van der Waals surface area (Å²) in [5.74, 6) is 1.25. The summed E-state index contributed by atoms with van der Waals surface area (Å²) in [6.45, 7) is 8.49. The highest BCUT2D eigenvalue weighted by atomic mass is 16.8. The van der Waals surface area contributed by atoms with E-state index in [1.807, 2.05) is 17.0 Å². The molecule has 5 rings (SSSR count). The van der Waals surface area contributed by atoms with Gasteiger partial charge in [-0.15, -0.1) is 0 Å². The van der Waals surface area contributed by atoms with E-state index in [0.29, 0.717) is 24.5 Å². The van der Waals surface area contributed by atoms with Crippen molar-refractivity contribution in [1.82, 2.24) is 4.90 Å². The number of amides is 1. The van der Waals surface area contributed by atoms with Crippen molar-refractivity contribution in [1.29, 1.82) is 0 Å². The predicted molar refractivity (Wildman–Crippen MR) is 110 cm³/mol. The second-order valence-electron chi connectivity index (χ2n) is 9.44. The summed E-state index contributed by atoms with van der Waals surface area (Å²) in [5, 5.41) is 0. The first-order chi connectivity index (χ1) is 14.0. The second kappa shape index (κ2) is 7.17. The second-order valence-corrected chi connectivity index (χ2v) is 9.44. The Morgan fingerprint density at radius 1 is 1.21 bits per heavy atom. The summed E-state index contributed by atoms with van der Waals surface area (Å²) >= 11 is 0. The van der Waals surface area contributed by atoms with Crippen LogP contribution in [0.15, 0.2) is 24.3 Å². The summed E-state index contributed by atoms with van der Waals surface area (Å²) in [7, 11) is 0. The van der Waals surface area contributed by atoms with Crippen LogP contribution in [0.1, 0.15) is 39.5 Å². The van der Waals surface area contributed by atoms with E-state index >= 15 is 0 Å². The summed E-state index contributed by atoms with van der Waals surface area (Å²) in [4.78, 5) is 15.7. The number of carbonyl (C=O) groups excluding carboxylic acids is 1. The fourth-order valence-electron chi connectivity index (χ4n) is 5.91. The van der Waals surface area contributed by atoms with Crippen LogP contribution in [0.3, 0.4) is 0 Å². The number of benzene rings is 1. The Morgan fingerprint density at radius 3 is 2.66 bits per heavy atom. The van der Waals surface area contributed by atoms with Crippen molar-refractivity contribution >= 4 is 11.6 Å². The molecule has 0 aromatic heterocycles. The van der Waals surface area contributed by atoms with Gasteiger partial charge in [0.15, 0.2) is 5.79 Å². The third kappa shape index (κ3) is 3.40. The molecule has 158 valence electrons. The van der Waals surface area contributed by atoms with Gasteiger partial charge in [-0.1, -0.05) is 13.3 Å². The highest BCUT2D eigenvalue weighted by Gasteiger charge is 2.67. The van der Waals surface area contributed by atoms with Gasteiger partial charge in [-0.25, -0.2) is 0 Å². The monoisotopic (exact) mass is 400 g/mol. The fraction of sp³-hybridized carbons (Fsp3) is 0.696. The Bertz CT molecular complexity index is 761. The molecule has 4 atom stereocenters. The molecule has 2 saturated carbocycles. The number of fused-ring (bicyclic) bond motifs is 2. The molecule has 0 bridgehead atoms. The first-order valence-electron chi connectivity index (χ1n) is 11.0. The van der Waals surface area contributed by atoms with Gasteiger partial charge in [0.1, 0.15) is 18.5 Å². The number of hydrogen-bond acceptors (Lipinski definition) is 5. The average Bonchev–Trinajstić information content (AvgIpc) is 3.28. The lowest BCUT2D eigenvalue weighted by Gasteiger charge is -2.55. The van der Waals surface area contributed by atoms with E-state index in [9.17, 15) is 4.79 Å². The van der Waals surface area contributed by atoms with Gasteiger partial charge in [0.2, 0.25) is 5.91 Å². The Morgan fingerprint density at radius 2 is 1.97 bits per heavy atom. The van der Waals surface area contributed by atoms with Gasteiger partial charge in [0.05, 0.1) is 6.61 Å². The molecular weight excluding hydrogens is 368 g/mol. The van der Waals surface area contributed by atoms with E-state index < -0.39 is 0 Å². The molecule has 1 spiro atoms. The number of hydrogen-bond donors (Lipinski definition) is 0. The van der Waals surface area contributed by atoms with Crippen molar-refractivity contribution in [2.24, 2.45) is 11.3 Å². The molecule has 2 aliphatic heterocycles. The normalized spacial score (nSPS) is 36.2. The van der Waals surface area contributed by atoms with Crippen LogP contribution in [0.5, 0.6) is 5.75 Å². The Balaban J connectivity index is 1.11. The lowest BCUT2D eigenvalue weighted by molar-refractivity contribution is -0.303. The van der Waals surface area contributed by atoms with Gasteiger partial charge < -0.3 is 24.0 Å². The van der Waals surface area contributed by atoms with Crippen LogP contribution in [0.2, 0.25) is 0 Å². The van der Waals surface area contributed by atoms with Gasteiger partial charge in [-0.2, -0.15) is 0 Å². The van der Waals surface area contributed by atoms with Gasteiger partial charge in [0.25, 0.3) is 0 Å². The minimum atomic E-state index is -0.328. The molecule has 4 fully saturated rings. The van der Waals surface area contributed by atoms with Crippen molar-refractivity contribution in [2.75, 3.05) is 44.3 Å². The van der Waals surface area contributed by atoms with Crippen LogP contribution in [0, 0.1) is 11.3 Å². The molecule has 4 aliphatic rings. The highest BCUT2D eigenvalue weighted by molar-refractivity contribution is 5.73. The summed E-state index contributed by atoms with van der Waals surface area (Å²) in [6, 6.07) is 8.25. The molecule has 4 unspecified atom stereocenters. The zero-order valence-corrected chi connectivity index (χ0v) is 17.6. The van der Waals surface area contributed by atoms with E-state index in [1.54, 1.807) is 6.92 Å². The maximum Gasteiger partial charge on any atom is 0.219 e. The van der Waals surface area contributed by atoms with Gasteiger partial charge in [0, 0.05) is 51.1 Å². The lowest BCUT2D eigenvalue weighted by atomic mass is 9.59. The SMILES string of the molecule is CC(=O)N1CCN(c2ccc(OCC3COC4(CC5(C)CCCC54)O3)cc2)CC1. The van der Waals surface area contributed by atoms with Gasteiger partial charge in [-0.3, -0.25) is 4.79 Å². The number of nitrogens with zero attached hydrogens (tertiary/aromatic N) is 2. The van der Waals surface area contributed by atoms with Gasteiger partial charge in [-0.05, 0) is 42.5 Å².